The number of nitrogen functional groups attached to an aromatic ring is 1. The maximum Gasteiger partial charge on any atom is 0.227 e. The van der Waals surface area contributed by atoms with Crippen molar-refractivity contribution in [3.8, 4) is 17.0 Å². The van der Waals surface area contributed by atoms with E-state index < -0.39 is 6.10 Å². The maximum absolute atomic E-state index is 9.86. The number of aliphatic hydroxyl groups is 1. The molecular weight excluding hydrogens is 532 g/mol. The van der Waals surface area contributed by atoms with E-state index in [4.69, 9.17) is 26.5 Å². The minimum atomic E-state index is -0.606. The number of para-hydroxylation sites is 1. The van der Waals surface area contributed by atoms with Crippen LogP contribution >= 0.6 is 0 Å². The molecule has 1 atom stereocenters. The van der Waals surface area contributed by atoms with Gasteiger partial charge in [-0.25, -0.2) is 9.97 Å². The summed E-state index contributed by atoms with van der Waals surface area (Å²) in [4.78, 5) is 15.6. The summed E-state index contributed by atoms with van der Waals surface area (Å²) in [6, 6.07) is 10.5. The predicted octanol–water partition coefficient (Wildman–Crippen LogP) is 5.31. The van der Waals surface area contributed by atoms with Gasteiger partial charge in [0, 0.05) is 49.5 Å². The molecule has 1 unspecified atom stereocenters. The SMILES string of the molecule is Cc1cc(N(C)CCN(C)C)c(N)cc1Nc1ncc(OCC(C)O)c(-c2cn3c4c(cccc24)CCC3)n1.[N-]=[N+]=N. The van der Waals surface area contributed by atoms with Crippen molar-refractivity contribution in [2.45, 2.75) is 39.3 Å². The van der Waals surface area contributed by atoms with Crippen LogP contribution in [0.5, 0.6) is 5.75 Å². The molecule has 0 saturated carbocycles. The molecule has 12 heteroatoms. The molecule has 0 fully saturated rings. The zero-order chi connectivity index (χ0) is 30.4. The second-order valence-corrected chi connectivity index (χ2v) is 10.9. The van der Waals surface area contributed by atoms with Crippen molar-refractivity contribution in [1.82, 2.24) is 19.4 Å². The Morgan fingerprint density at radius 1 is 1.26 bits per heavy atom. The first-order valence-electron chi connectivity index (χ1n) is 14.0. The molecular formula is C30H40N10O2. The summed E-state index contributed by atoms with van der Waals surface area (Å²) in [5.41, 5.74) is 26.6. The smallest absolute Gasteiger partial charge is 0.227 e. The fourth-order valence-corrected chi connectivity index (χ4v) is 5.15. The fourth-order valence-electron chi connectivity index (χ4n) is 5.15. The number of rotatable bonds is 10. The zero-order valence-electron chi connectivity index (χ0n) is 24.9. The van der Waals surface area contributed by atoms with Crippen LogP contribution in [-0.2, 0) is 13.0 Å². The molecule has 0 bridgehead atoms. The number of aryl methyl sites for hydroxylation is 3. The molecule has 3 heterocycles. The van der Waals surface area contributed by atoms with E-state index in [0.29, 0.717) is 23.1 Å². The lowest BCUT2D eigenvalue weighted by molar-refractivity contribution is 0.122. The van der Waals surface area contributed by atoms with Gasteiger partial charge in [0.15, 0.2) is 5.75 Å². The fraction of sp³-hybridized carbons (Fsp3) is 0.400. The molecule has 0 aliphatic carbocycles. The van der Waals surface area contributed by atoms with Crippen molar-refractivity contribution in [3.05, 3.63) is 64.3 Å². The third kappa shape index (κ3) is 6.85. The molecule has 5 rings (SSSR count). The predicted molar refractivity (Wildman–Crippen MR) is 169 cm³/mol. The summed E-state index contributed by atoms with van der Waals surface area (Å²) < 4.78 is 8.29. The van der Waals surface area contributed by atoms with E-state index in [-0.39, 0.29) is 6.61 Å². The molecule has 12 nitrogen and oxygen atoms in total. The minimum Gasteiger partial charge on any atom is -0.487 e. The summed E-state index contributed by atoms with van der Waals surface area (Å²) in [6.07, 6.45) is 5.43. The quantitative estimate of drug-likeness (QED) is 0.0859. The molecule has 1 aliphatic rings. The maximum atomic E-state index is 9.86. The highest BCUT2D eigenvalue weighted by Crippen LogP contribution is 2.39. The Bertz CT molecular complexity index is 1570. The molecule has 5 N–H and O–H groups in total. The van der Waals surface area contributed by atoms with E-state index in [9.17, 15) is 5.11 Å². The van der Waals surface area contributed by atoms with Gasteiger partial charge in [-0.1, -0.05) is 18.2 Å². The number of aromatic nitrogens is 3. The standard InChI is InChI=1S/C30H39N7O2.HN3/c1-19-14-26(36(5)13-12-35(3)4)24(31)15-25(19)33-30-32-16-27(39-18-20(2)38)28(34-30)23-17-37-11-7-9-21-8-6-10-22(23)29(21)37;1-3-2/h6,8,10,14-17,20,38H,7,9,11-13,18,31H2,1-5H3,(H,32,33,34);1H. The van der Waals surface area contributed by atoms with Gasteiger partial charge >= 0.3 is 0 Å². The van der Waals surface area contributed by atoms with E-state index in [2.05, 4.69) is 83.2 Å². The highest BCUT2D eigenvalue weighted by atomic mass is 16.5. The minimum absolute atomic E-state index is 0.158. The number of hydrogen-bond donors (Lipinski definition) is 4. The third-order valence-corrected chi connectivity index (χ3v) is 7.23. The molecule has 1 aliphatic heterocycles. The van der Waals surface area contributed by atoms with Crippen LogP contribution in [0.25, 0.3) is 32.6 Å². The first-order valence-corrected chi connectivity index (χ1v) is 14.0. The Balaban J connectivity index is 0.00000129. The first kappa shape index (κ1) is 30.4. The Labute approximate surface area is 246 Å². The third-order valence-electron chi connectivity index (χ3n) is 7.23. The summed E-state index contributed by atoms with van der Waals surface area (Å²) in [6.45, 7) is 6.70. The molecule has 2 aromatic heterocycles. The van der Waals surface area contributed by atoms with Gasteiger partial charge in [0.2, 0.25) is 5.95 Å². The van der Waals surface area contributed by atoms with E-state index in [1.807, 2.05) is 6.07 Å². The van der Waals surface area contributed by atoms with Crippen LogP contribution in [-0.4, -0.2) is 71.5 Å². The number of aliphatic hydroxyl groups excluding tert-OH is 1. The number of ether oxygens (including phenoxy) is 1. The van der Waals surface area contributed by atoms with Gasteiger partial charge < -0.3 is 35.3 Å². The van der Waals surface area contributed by atoms with Crippen LogP contribution < -0.4 is 20.7 Å². The molecule has 0 amide bonds. The first-order chi connectivity index (χ1) is 20.1. The van der Waals surface area contributed by atoms with E-state index >= 15 is 0 Å². The molecule has 0 spiro atoms. The lowest BCUT2D eigenvalue weighted by atomic mass is 10.0. The molecule has 2 aromatic carbocycles. The molecule has 0 saturated heterocycles. The van der Waals surface area contributed by atoms with Gasteiger partial charge in [0.05, 0.1) is 29.2 Å². The van der Waals surface area contributed by atoms with Crippen molar-refractivity contribution < 1.29 is 9.84 Å². The number of hydrogen-bond acceptors (Lipinski definition) is 9. The van der Waals surface area contributed by atoms with E-state index in [1.54, 1.807) is 18.0 Å². The van der Waals surface area contributed by atoms with Gasteiger partial charge in [-0.3, -0.25) is 0 Å². The highest BCUT2D eigenvalue weighted by molar-refractivity contribution is 5.98. The number of nitrogens with zero attached hydrogens (tertiary/aromatic N) is 7. The summed E-state index contributed by atoms with van der Waals surface area (Å²) in [7, 11) is 6.19. The lowest BCUT2D eigenvalue weighted by Gasteiger charge is -2.24. The van der Waals surface area contributed by atoms with Crippen LogP contribution in [0.15, 0.2) is 42.7 Å². The number of benzene rings is 2. The number of nitrogens with one attached hydrogen (secondary N) is 2. The Morgan fingerprint density at radius 2 is 2.02 bits per heavy atom. The average Bonchev–Trinajstić information content (AvgIpc) is 3.33. The van der Waals surface area contributed by atoms with E-state index in [1.165, 1.54) is 11.1 Å². The van der Waals surface area contributed by atoms with Crippen molar-refractivity contribution in [3.63, 3.8) is 0 Å². The molecule has 42 heavy (non-hydrogen) atoms. The van der Waals surface area contributed by atoms with Gasteiger partial charge in [-0.2, -0.15) is 0 Å². The molecule has 222 valence electrons. The topological polar surface area (TPSA) is 165 Å². The summed E-state index contributed by atoms with van der Waals surface area (Å²) >= 11 is 0. The van der Waals surface area contributed by atoms with Crippen LogP contribution in [0.2, 0.25) is 0 Å². The van der Waals surface area contributed by atoms with Gasteiger partial charge in [0.1, 0.15) is 12.3 Å². The average molecular weight is 573 g/mol. The number of anilines is 4. The molecule has 4 aromatic rings. The van der Waals surface area contributed by atoms with Crippen molar-refractivity contribution in [2.24, 2.45) is 0 Å². The Hall–Kier alpha value is -4.51. The van der Waals surface area contributed by atoms with Crippen LogP contribution in [0.3, 0.4) is 0 Å². The summed E-state index contributed by atoms with van der Waals surface area (Å²) in [5, 5.41) is 14.4. The Kier molecular flexibility index (Phi) is 9.74. The van der Waals surface area contributed by atoms with Gasteiger partial charge in [0.25, 0.3) is 0 Å². The van der Waals surface area contributed by atoms with Crippen molar-refractivity contribution in [1.29, 1.82) is 5.53 Å². The van der Waals surface area contributed by atoms with Crippen LogP contribution in [0, 0.1) is 12.5 Å². The van der Waals surface area contributed by atoms with Gasteiger partial charge in [-0.05, 0) is 74.5 Å². The van der Waals surface area contributed by atoms with Crippen molar-refractivity contribution >= 4 is 33.9 Å². The second-order valence-electron chi connectivity index (χ2n) is 10.9. The number of likely N-dealkylation sites (N-methyl/N-ethyl adjacent to an activating group) is 2. The largest absolute Gasteiger partial charge is 0.487 e. The van der Waals surface area contributed by atoms with Crippen LogP contribution in [0.1, 0.15) is 24.5 Å². The highest BCUT2D eigenvalue weighted by Gasteiger charge is 2.21. The van der Waals surface area contributed by atoms with Crippen molar-refractivity contribution in [2.75, 3.05) is 56.8 Å². The monoisotopic (exact) mass is 572 g/mol. The Morgan fingerprint density at radius 3 is 2.74 bits per heavy atom. The zero-order valence-corrected chi connectivity index (χ0v) is 24.9. The lowest BCUT2D eigenvalue weighted by Crippen LogP contribution is -2.29. The molecule has 0 radical (unpaired) electrons. The van der Waals surface area contributed by atoms with E-state index in [0.717, 1.165) is 60.4 Å². The second kappa shape index (κ2) is 13.4. The number of nitrogens with two attached hydrogens (primary N) is 1. The summed E-state index contributed by atoms with van der Waals surface area (Å²) in [5.74, 6) is 0.997. The van der Waals surface area contributed by atoms with Crippen LogP contribution in [0.4, 0.5) is 23.0 Å². The normalized spacial score (nSPS) is 12.8. The van der Waals surface area contributed by atoms with Gasteiger partial charge in [-0.15, -0.1) is 5.53 Å².